The first-order valence-corrected chi connectivity index (χ1v) is 5.35. The first-order valence-electron chi connectivity index (χ1n) is 5.35. The maximum atomic E-state index is 13.7. The van der Waals surface area contributed by atoms with Gasteiger partial charge in [0.2, 0.25) is 0 Å². The Morgan fingerprint density at radius 1 is 1.40 bits per heavy atom. The van der Waals surface area contributed by atoms with Gasteiger partial charge in [0.25, 0.3) is 5.56 Å². The highest BCUT2D eigenvalue weighted by Crippen LogP contribution is 2.32. The first kappa shape index (κ1) is 9.09. The highest BCUT2D eigenvalue weighted by Gasteiger charge is 2.32. The van der Waals surface area contributed by atoms with Gasteiger partial charge >= 0.3 is 0 Å². The van der Waals surface area contributed by atoms with E-state index in [0.717, 1.165) is 19.5 Å². The van der Waals surface area contributed by atoms with Gasteiger partial charge in [-0.1, -0.05) is 0 Å². The second-order valence-corrected chi connectivity index (χ2v) is 4.47. The van der Waals surface area contributed by atoms with Crippen LogP contribution in [-0.2, 0) is 6.54 Å². The summed E-state index contributed by atoms with van der Waals surface area (Å²) in [6.07, 6.45) is 1.01. The van der Waals surface area contributed by atoms with Crippen molar-refractivity contribution in [1.29, 1.82) is 0 Å². The predicted molar refractivity (Wildman–Crippen MR) is 54.4 cm³/mol. The number of hydrogen-bond donors (Lipinski definition) is 1. The van der Waals surface area contributed by atoms with Gasteiger partial charge in [-0.2, -0.15) is 0 Å². The number of rotatable bonds is 0. The van der Waals surface area contributed by atoms with Gasteiger partial charge in [-0.25, -0.2) is 4.39 Å². The van der Waals surface area contributed by atoms with E-state index in [0.29, 0.717) is 18.2 Å². The van der Waals surface area contributed by atoms with Crippen molar-refractivity contribution in [3.8, 4) is 0 Å². The SMILES string of the molecule is O=c1ccc(F)c2n1CC1CNCC2C1. The number of nitrogens with one attached hydrogen (secondary N) is 1. The second kappa shape index (κ2) is 3.17. The van der Waals surface area contributed by atoms with E-state index in [1.165, 1.54) is 12.1 Å². The van der Waals surface area contributed by atoms with Gasteiger partial charge < -0.3 is 9.88 Å². The lowest BCUT2D eigenvalue weighted by molar-refractivity contribution is 0.249. The van der Waals surface area contributed by atoms with Gasteiger partial charge in [-0.15, -0.1) is 0 Å². The summed E-state index contributed by atoms with van der Waals surface area (Å²) in [5, 5.41) is 3.29. The minimum atomic E-state index is -0.234. The second-order valence-electron chi connectivity index (χ2n) is 4.47. The smallest absolute Gasteiger partial charge is 0.250 e. The van der Waals surface area contributed by atoms with Gasteiger partial charge in [-0.05, 0) is 24.9 Å². The third kappa shape index (κ3) is 1.32. The van der Waals surface area contributed by atoms with Crippen molar-refractivity contribution in [1.82, 2.24) is 9.88 Å². The molecular formula is C11H13FN2O. The molecule has 0 radical (unpaired) electrons. The van der Waals surface area contributed by atoms with Crippen molar-refractivity contribution < 1.29 is 4.39 Å². The normalized spacial score (nSPS) is 28.6. The van der Waals surface area contributed by atoms with Gasteiger partial charge in [0, 0.05) is 25.1 Å². The largest absolute Gasteiger partial charge is 0.316 e. The summed E-state index contributed by atoms with van der Waals surface area (Å²) < 4.78 is 15.3. The van der Waals surface area contributed by atoms with Crippen LogP contribution in [0, 0.1) is 11.7 Å². The lowest BCUT2D eigenvalue weighted by Crippen LogP contribution is -2.45. The zero-order valence-electron chi connectivity index (χ0n) is 8.37. The van der Waals surface area contributed by atoms with Crippen LogP contribution in [0.4, 0.5) is 4.39 Å². The minimum Gasteiger partial charge on any atom is -0.316 e. The minimum absolute atomic E-state index is 0.0667. The van der Waals surface area contributed by atoms with Crippen LogP contribution in [0.1, 0.15) is 18.0 Å². The molecule has 3 nitrogen and oxygen atoms in total. The molecule has 2 aliphatic heterocycles. The van der Waals surface area contributed by atoms with Crippen LogP contribution < -0.4 is 10.9 Å². The van der Waals surface area contributed by atoms with Crippen LogP contribution >= 0.6 is 0 Å². The number of aromatic nitrogens is 1. The molecule has 1 N–H and O–H groups in total. The fourth-order valence-corrected chi connectivity index (χ4v) is 2.81. The number of nitrogens with zero attached hydrogens (tertiary/aromatic N) is 1. The van der Waals surface area contributed by atoms with Crippen LogP contribution in [-0.4, -0.2) is 17.7 Å². The Balaban J connectivity index is 2.20. The highest BCUT2D eigenvalue weighted by molar-refractivity contribution is 5.18. The maximum Gasteiger partial charge on any atom is 0.250 e. The first-order chi connectivity index (χ1) is 7.25. The molecular weight excluding hydrogens is 195 g/mol. The monoisotopic (exact) mass is 208 g/mol. The van der Waals surface area contributed by atoms with Crippen LogP contribution in [0.2, 0.25) is 0 Å². The summed E-state index contributed by atoms with van der Waals surface area (Å²) in [5.41, 5.74) is 0.536. The molecule has 1 fully saturated rings. The van der Waals surface area contributed by atoms with Crippen molar-refractivity contribution in [3.05, 3.63) is 34.0 Å². The van der Waals surface area contributed by atoms with E-state index in [1.807, 2.05) is 0 Å². The molecule has 1 saturated heterocycles. The van der Waals surface area contributed by atoms with E-state index >= 15 is 0 Å². The van der Waals surface area contributed by atoms with Gasteiger partial charge in [-0.3, -0.25) is 4.79 Å². The summed E-state index contributed by atoms with van der Waals surface area (Å²) in [4.78, 5) is 11.6. The molecule has 3 heterocycles. The zero-order valence-corrected chi connectivity index (χ0v) is 8.37. The maximum absolute atomic E-state index is 13.7. The fraction of sp³-hybridized carbons (Fsp3) is 0.545. The van der Waals surface area contributed by atoms with E-state index < -0.39 is 0 Å². The van der Waals surface area contributed by atoms with Crippen LogP contribution in [0.15, 0.2) is 16.9 Å². The number of halogens is 1. The molecule has 1 aromatic heterocycles. The molecule has 15 heavy (non-hydrogen) atoms. The molecule has 0 spiro atoms. The summed E-state index contributed by atoms with van der Waals surface area (Å²) in [6.45, 7) is 2.39. The molecule has 0 amide bonds. The summed E-state index contributed by atoms with van der Waals surface area (Å²) in [7, 11) is 0. The number of fused-ring (bicyclic) bond motifs is 4. The van der Waals surface area contributed by atoms with Crippen molar-refractivity contribution in [2.75, 3.05) is 13.1 Å². The molecule has 2 unspecified atom stereocenters. The summed E-state index contributed by atoms with van der Waals surface area (Å²) in [5.74, 6) is 0.420. The molecule has 0 aromatic carbocycles. The van der Waals surface area contributed by atoms with Crippen molar-refractivity contribution in [2.24, 2.45) is 5.92 Å². The molecule has 80 valence electrons. The number of piperidine rings is 1. The topological polar surface area (TPSA) is 34.0 Å². The Morgan fingerprint density at radius 2 is 2.27 bits per heavy atom. The predicted octanol–water partition coefficient (Wildman–Crippen LogP) is 0.694. The lowest BCUT2D eigenvalue weighted by atomic mass is 9.84. The Hall–Kier alpha value is -1.16. The van der Waals surface area contributed by atoms with E-state index in [1.54, 1.807) is 4.57 Å². The lowest BCUT2D eigenvalue weighted by Gasteiger charge is -2.37. The third-order valence-corrected chi connectivity index (χ3v) is 3.44. The summed E-state index contributed by atoms with van der Waals surface area (Å²) in [6, 6.07) is 2.62. The third-order valence-electron chi connectivity index (χ3n) is 3.44. The fourth-order valence-electron chi connectivity index (χ4n) is 2.81. The molecule has 2 bridgehead atoms. The van der Waals surface area contributed by atoms with E-state index in [9.17, 15) is 9.18 Å². The van der Waals surface area contributed by atoms with Crippen molar-refractivity contribution in [3.63, 3.8) is 0 Å². The van der Waals surface area contributed by atoms with Gasteiger partial charge in [0.15, 0.2) is 0 Å². The van der Waals surface area contributed by atoms with E-state index in [-0.39, 0.29) is 17.3 Å². The van der Waals surface area contributed by atoms with Gasteiger partial charge in [0.1, 0.15) is 5.82 Å². The van der Waals surface area contributed by atoms with Crippen LogP contribution in [0.25, 0.3) is 0 Å². The molecule has 0 saturated carbocycles. The average molecular weight is 208 g/mol. The average Bonchev–Trinajstić information content (AvgIpc) is 2.24. The zero-order chi connectivity index (χ0) is 10.4. The van der Waals surface area contributed by atoms with Crippen LogP contribution in [0.3, 0.4) is 0 Å². The van der Waals surface area contributed by atoms with E-state index in [2.05, 4.69) is 5.32 Å². The molecule has 2 aliphatic rings. The standard InChI is InChI=1S/C11H13FN2O/c12-9-1-2-10(15)14-6-7-3-8(11(9)14)5-13-4-7/h1-2,7-8,13H,3-6H2. The van der Waals surface area contributed by atoms with Crippen LogP contribution in [0.5, 0.6) is 0 Å². The van der Waals surface area contributed by atoms with Crippen molar-refractivity contribution >= 4 is 0 Å². The molecule has 2 atom stereocenters. The quantitative estimate of drug-likeness (QED) is 0.680. The Morgan fingerprint density at radius 3 is 3.13 bits per heavy atom. The Kier molecular flexibility index (Phi) is 1.92. The van der Waals surface area contributed by atoms with E-state index in [4.69, 9.17) is 0 Å². The Labute approximate surface area is 86.9 Å². The highest BCUT2D eigenvalue weighted by atomic mass is 19.1. The molecule has 0 aliphatic carbocycles. The number of pyridine rings is 1. The number of hydrogen-bond acceptors (Lipinski definition) is 2. The summed E-state index contributed by atoms with van der Waals surface area (Å²) >= 11 is 0. The molecule has 3 rings (SSSR count). The van der Waals surface area contributed by atoms with Gasteiger partial charge in [0.05, 0.1) is 5.69 Å². The van der Waals surface area contributed by atoms with Crippen molar-refractivity contribution in [2.45, 2.75) is 18.9 Å². The Bertz CT molecular complexity index is 454. The molecule has 4 heteroatoms. The molecule has 1 aromatic rings.